The molecule has 1 aromatic rings. The van der Waals surface area contributed by atoms with E-state index < -0.39 is 0 Å². The first-order valence-electron chi connectivity index (χ1n) is 6.29. The number of likely N-dealkylation sites (N-methyl/N-ethyl adjacent to an activating group) is 1. The Bertz CT molecular complexity index is 474. The van der Waals surface area contributed by atoms with Gasteiger partial charge in [0.05, 0.1) is 18.2 Å². The fourth-order valence-corrected chi connectivity index (χ4v) is 2.20. The lowest BCUT2D eigenvalue weighted by Crippen LogP contribution is -2.44. The zero-order chi connectivity index (χ0) is 14.6. The van der Waals surface area contributed by atoms with Crippen LogP contribution >= 0.6 is 0 Å². The molecule has 1 atom stereocenters. The van der Waals surface area contributed by atoms with Gasteiger partial charge in [-0.25, -0.2) is 4.39 Å². The van der Waals surface area contributed by atoms with Crippen molar-refractivity contribution in [2.45, 2.75) is 33.4 Å². The predicted molar refractivity (Wildman–Crippen MR) is 72.9 cm³/mol. The van der Waals surface area contributed by atoms with Crippen molar-refractivity contribution in [3.05, 3.63) is 35.1 Å². The van der Waals surface area contributed by atoms with Gasteiger partial charge in [-0.1, -0.05) is 26.8 Å². The van der Waals surface area contributed by atoms with Gasteiger partial charge in [0.25, 0.3) is 0 Å². The van der Waals surface area contributed by atoms with Crippen LogP contribution < -0.4 is 0 Å². The van der Waals surface area contributed by atoms with Gasteiger partial charge in [-0.3, -0.25) is 4.90 Å². The van der Waals surface area contributed by atoms with Crippen molar-refractivity contribution in [1.82, 2.24) is 4.90 Å². The number of hydrogen-bond donors (Lipinski definition) is 1. The lowest BCUT2D eigenvalue weighted by atomic mass is 9.86. The summed E-state index contributed by atoms with van der Waals surface area (Å²) in [6.45, 7) is 6.55. The third-order valence-corrected chi connectivity index (χ3v) is 3.31. The highest BCUT2D eigenvalue weighted by atomic mass is 19.1. The molecule has 0 amide bonds. The van der Waals surface area contributed by atoms with Crippen molar-refractivity contribution >= 4 is 0 Å². The van der Waals surface area contributed by atoms with E-state index >= 15 is 0 Å². The van der Waals surface area contributed by atoms with Crippen molar-refractivity contribution < 1.29 is 9.50 Å². The van der Waals surface area contributed by atoms with Gasteiger partial charge in [0, 0.05) is 18.2 Å². The van der Waals surface area contributed by atoms with Gasteiger partial charge in [0.2, 0.25) is 0 Å². The van der Waals surface area contributed by atoms with E-state index in [9.17, 15) is 9.50 Å². The van der Waals surface area contributed by atoms with E-state index in [-0.39, 0.29) is 23.9 Å². The number of nitrogens with zero attached hydrogens (tertiary/aromatic N) is 2. The summed E-state index contributed by atoms with van der Waals surface area (Å²) >= 11 is 0. The molecular weight excluding hydrogens is 243 g/mol. The monoisotopic (exact) mass is 264 g/mol. The Labute approximate surface area is 114 Å². The van der Waals surface area contributed by atoms with Crippen molar-refractivity contribution in [1.29, 1.82) is 5.26 Å². The summed E-state index contributed by atoms with van der Waals surface area (Å²) in [6.07, 6.45) is 0. The number of nitriles is 1. The van der Waals surface area contributed by atoms with Crippen molar-refractivity contribution in [3.63, 3.8) is 0 Å². The highest BCUT2D eigenvalue weighted by Gasteiger charge is 2.27. The molecule has 0 aliphatic rings. The van der Waals surface area contributed by atoms with Gasteiger partial charge in [-0.05, 0) is 24.6 Å². The molecule has 1 rings (SSSR count). The van der Waals surface area contributed by atoms with Crippen molar-refractivity contribution in [2.75, 3.05) is 13.7 Å². The van der Waals surface area contributed by atoms with Crippen LogP contribution in [0.25, 0.3) is 0 Å². The maximum absolute atomic E-state index is 13.8. The quantitative estimate of drug-likeness (QED) is 0.909. The average Bonchev–Trinajstić information content (AvgIpc) is 2.30. The van der Waals surface area contributed by atoms with E-state index in [1.165, 1.54) is 6.07 Å². The normalized spacial score (nSPS) is 13.4. The number of rotatable bonds is 4. The van der Waals surface area contributed by atoms with Crippen molar-refractivity contribution in [3.8, 4) is 6.07 Å². The first kappa shape index (κ1) is 15.6. The van der Waals surface area contributed by atoms with E-state index in [1.807, 2.05) is 38.8 Å². The molecule has 0 radical (unpaired) electrons. The molecule has 0 fully saturated rings. The number of halogens is 1. The van der Waals surface area contributed by atoms with Gasteiger partial charge in [0.15, 0.2) is 0 Å². The van der Waals surface area contributed by atoms with Crippen LogP contribution in [0.15, 0.2) is 18.2 Å². The minimum atomic E-state index is -0.378. The third kappa shape index (κ3) is 4.02. The molecule has 0 aliphatic carbocycles. The van der Waals surface area contributed by atoms with Crippen LogP contribution in [-0.2, 0) is 6.54 Å². The Morgan fingerprint density at radius 1 is 1.42 bits per heavy atom. The smallest absolute Gasteiger partial charge is 0.129 e. The summed E-state index contributed by atoms with van der Waals surface area (Å²) in [5.41, 5.74) is 0.759. The Balaban J connectivity index is 2.88. The van der Waals surface area contributed by atoms with E-state index in [4.69, 9.17) is 5.26 Å². The molecule has 0 heterocycles. The van der Waals surface area contributed by atoms with Crippen LogP contribution in [0.1, 0.15) is 31.9 Å². The minimum absolute atomic E-state index is 0.0257. The zero-order valence-corrected chi connectivity index (χ0v) is 11.9. The number of benzene rings is 1. The molecular formula is C15H21FN2O. The van der Waals surface area contributed by atoms with E-state index in [1.54, 1.807) is 12.1 Å². The average molecular weight is 264 g/mol. The fraction of sp³-hybridized carbons (Fsp3) is 0.533. The summed E-state index contributed by atoms with van der Waals surface area (Å²) in [4.78, 5) is 1.93. The first-order valence-corrected chi connectivity index (χ1v) is 6.29. The molecule has 1 aromatic carbocycles. The van der Waals surface area contributed by atoms with E-state index in [2.05, 4.69) is 0 Å². The maximum Gasteiger partial charge on any atom is 0.129 e. The molecule has 104 valence electrons. The SMILES string of the molecule is CN(Cc1ccc(C#N)cc1F)C(CO)C(C)(C)C. The van der Waals surface area contributed by atoms with Crippen LogP contribution in [-0.4, -0.2) is 29.7 Å². The highest BCUT2D eigenvalue weighted by Crippen LogP contribution is 2.25. The van der Waals surface area contributed by atoms with Crippen LogP contribution in [0.2, 0.25) is 0 Å². The lowest BCUT2D eigenvalue weighted by molar-refractivity contribution is 0.0607. The molecule has 0 aliphatic heterocycles. The molecule has 0 aromatic heterocycles. The Morgan fingerprint density at radius 2 is 2.05 bits per heavy atom. The molecule has 0 saturated heterocycles. The molecule has 1 unspecified atom stereocenters. The summed E-state index contributed by atoms with van der Waals surface area (Å²) in [6, 6.07) is 6.34. The Hall–Kier alpha value is -1.44. The van der Waals surface area contributed by atoms with Gasteiger partial charge in [-0.2, -0.15) is 5.26 Å². The third-order valence-electron chi connectivity index (χ3n) is 3.31. The standard InChI is InChI=1S/C15H21FN2O/c1-15(2,3)14(10-19)18(4)9-12-6-5-11(8-17)7-13(12)16/h5-7,14,19H,9-10H2,1-4H3. The van der Waals surface area contributed by atoms with Crippen LogP contribution in [0.4, 0.5) is 4.39 Å². The second kappa shape index (κ2) is 6.14. The highest BCUT2D eigenvalue weighted by molar-refractivity contribution is 5.32. The lowest BCUT2D eigenvalue weighted by Gasteiger charge is -2.36. The largest absolute Gasteiger partial charge is 0.395 e. The Kier molecular flexibility index (Phi) is 5.04. The van der Waals surface area contributed by atoms with Crippen molar-refractivity contribution in [2.24, 2.45) is 5.41 Å². The molecule has 4 heteroatoms. The molecule has 0 saturated carbocycles. The topological polar surface area (TPSA) is 47.3 Å². The molecule has 1 N–H and O–H groups in total. The molecule has 19 heavy (non-hydrogen) atoms. The van der Waals surface area contributed by atoms with E-state index in [0.717, 1.165) is 0 Å². The number of aliphatic hydroxyl groups excluding tert-OH is 1. The van der Waals surface area contributed by atoms with Gasteiger partial charge < -0.3 is 5.11 Å². The maximum atomic E-state index is 13.8. The van der Waals surface area contributed by atoms with Crippen LogP contribution in [0.5, 0.6) is 0 Å². The Morgan fingerprint density at radius 3 is 2.47 bits per heavy atom. The number of hydrogen-bond acceptors (Lipinski definition) is 3. The van der Waals surface area contributed by atoms with Crippen LogP contribution in [0.3, 0.4) is 0 Å². The summed E-state index contributed by atoms with van der Waals surface area (Å²) < 4.78 is 13.8. The predicted octanol–water partition coefficient (Wildman–Crippen LogP) is 2.54. The van der Waals surface area contributed by atoms with Crippen LogP contribution in [0, 0.1) is 22.6 Å². The first-order chi connectivity index (χ1) is 8.79. The summed E-state index contributed by atoms with van der Waals surface area (Å²) in [5, 5.41) is 18.2. The summed E-state index contributed by atoms with van der Waals surface area (Å²) in [7, 11) is 1.86. The second-order valence-electron chi connectivity index (χ2n) is 5.90. The van der Waals surface area contributed by atoms with Gasteiger partial charge >= 0.3 is 0 Å². The van der Waals surface area contributed by atoms with Gasteiger partial charge in [0.1, 0.15) is 5.82 Å². The van der Waals surface area contributed by atoms with Gasteiger partial charge in [-0.15, -0.1) is 0 Å². The summed E-state index contributed by atoms with van der Waals surface area (Å²) in [5.74, 6) is -0.378. The molecule has 0 spiro atoms. The number of aliphatic hydroxyl groups is 1. The zero-order valence-electron chi connectivity index (χ0n) is 11.9. The second-order valence-corrected chi connectivity index (χ2v) is 5.90. The fourth-order valence-electron chi connectivity index (χ4n) is 2.20. The van der Waals surface area contributed by atoms with E-state index in [0.29, 0.717) is 17.7 Å². The molecule has 3 nitrogen and oxygen atoms in total. The minimum Gasteiger partial charge on any atom is -0.395 e. The molecule has 0 bridgehead atoms.